The van der Waals surface area contributed by atoms with E-state index >= 15 is 0 Å². The zero-order valence-electron chi connectivity index (χ0n) is 12.2. The number of hydrogen-bond acceptors (Lipinski definition) is 4. The average Bonchev–Trinajstić information content (AvgIpc) is 3.24. The third-order valence-corrected chi connectivity index (χ3v) is 3.31. The Morgan fingerprint density at radius 1 is 1.25 bits per heavy atom. The van der Waals surface area contributed by atoms with E-state index in [4.69, 9.17) is 15.9 Å². The van der Waals surface area contributed by atoms with Gasteiger partial charge in [0.05, 0.1) is 13.2 Å². The summed E-state index contributed by atoms with van der Waals surface area (Å²) >= 11 is 0. The van der Waals surface area contributed by atoms with Crippen LogP contribution in [0.2, 0.25) is 0 Å². The minimum atomic E-state index is -1.30. The van der Waals surface area contributed by atoms with Gasteiger partial charge in [0.25, 0.3) is 0 Å². The van der Waals surface area contributed by atoms with E-state index in [-0.39, 0.29) is 19.6 Å². The van der Waals surface area contributed by atoms with Gasteiger partial charge in [-0.2, -0.15) is 0 Å². The minimum Gasteiger partial charge on any atom is -0.465 e. The van der Waals surface area contributed by atoms with E-state index in [1.165, 1.54) is 5.57 Å². The van der Waals surface area contributed by atoms with Crippen LogP contribution in [0.15, 0.2) is 11.6 Å². The Bertz CT molecular complexity index is 404. The van der Waals surface area contributed by atoms with Gasteiger partial charge < -0.3 is 9.47 Å². The van der Waals surface area contributed by atoms with E-state index < -0.39 is 17.4 Å². The molecule has 0 unspecified atom stereocenters. The van der Waals surface area contributed by atoms with Gasteiger partial charge in [0, 0.05) is 6.42 Å². The van der Waals surface area contributed by atoms with Gasteiger partial charge in [-0.05, 0) is 39.5 Å². The molecule has 0 aromatic carbocycles. The topological polar surface area (TPSA) is 52.6 Å². The highest BCUT2D eigenvalue weighted by Gasteiger charge is 2.47. The third-order valence-electron chi connectivity index (χ3n) is 3.31. The van der Waals surface area contributed by atoms with Crippen molar-refractivity contribution in [3.8, 4) is 12.3 Å². The number of rotatable bonds is 8. The molecule has 4 nitrogen and oxygen atoms in total. The lowest BCUT2D eigenvalue weighted by atomic mass is 9.79. The standard InChI is InChI=1S/C16H22O4/c1-4-7-11-16(14(17)19-5-2,15(18)20-6-3)12-10-13-8-9-13/h1,10H,5-9,11-12H2,2-3H3. The van der Waals surface area contributed by atoms with Crippen LogP contribution in [0.4, 0.5) is 0 Å². The number of carbonyl (C=O) groups excluding carboxylic acids is 2. The maximum atomic E-state index is 12.3. The summed E-state index contributed by atoms with van der Waals surface area (Å²) in [6, 6.07) is 0. The number of ether oxygens (including phenoxy) is 2. The Hall–Kier alpha value is -1.76. The summed E-state index contributed by atoms with van der Waals surface area (Å²) in [5.74, 6) is 1.41. The van der Waals surface area contributed by atoms with Crippen LogP contribution < -0.4 is 0 Å². The molecule has 0 amide bonds. The Morgan fingerprint density at radius 3 is 2.20 bits per heavy atom. The normalized spacial score (nSPS) is 13.3. The molecule has 0 radical (unpaired) electrons. The van der Waals surface area contributed by atoms with Gasteiger partial charge in [-0.1, -0.05) is 11.6 Å². The second-order valence-corrected chi connectivity index (χ2v) is 4.79. The fraction of sp³-hybridized carbons (Fsp3) is 0.625. The van der Waals surface area contributed by atoms with Gasteiger partial charge in [-0.25, -0.2) is 0 Å². The first kappa shape index (κ1) is 16.3. The van der Waals surface area contributed by atoms with Gasteiger partial charge in [-0.15, -0.1) is 12.3 Å². The molecule has 1 aliphatic rings. The molecule has 0 atom stereocenters. The highest BCUT2D eigenvalue weighted by molar-refractivity contribution is 6.00. The SMILES string of the molecule is C#CCCC(CC=C1CC1)(C(=O)OCC)C(=O)OCC. The molecule has 4 heteroatoms. The zero-order valence-corrected chi connectivity index (χ0v) is 12.2. The summed E-state index contributed by atoms with van der Waals surface area (Å²) in [7, 11) is 0. The van der Waals surface area contributed by atoms with Crippen molar-refractivity contribution in [1.29, 1.82) is 0 Å². The smallest absolute Gasteiger partial charge is 0.323 e. The number of carbonyl (C=O) groups is 2. The Morgan fingerprint density at radius 2 is 1.80 bits per heavy atom. The summed E-state index contributed by atoms with van der Waals surface area (Å²) in [5, 5.41) is 0. The van der Waals surface area contributed by atoms with E-state index in [1.807, 2.05) is 6.08 Å². The molecule has 1 fully saturated rings. The van der Waals surface area contributed by atoms with Crippen molar-refractivity contribution in [2.24, 2.45) is 5.41 Å². The second-order valence-electron chi connectivity index (χ2n) is 4.79. The molecule has 0 aliphatic heterocycles. The zero-order chi connectivity index (χ0) is 15.0. The molecular formula is C16H22O4. The molecule has 0 N–H and O–H groups in total. The lowest BCUT2D eigenvalue weighted by Crippen LogP contribution is -2.42. The Balaban J connectivity index is 3.00. The fourth-order valence-electron chi connectivity index (χ4n) is 1.98. The molecule has 0 aromatic heterocycles. The first-order chi connectivity index (χ1) is 9.60. The molecule has 0 saturated heterocycles. The maximum Gasteiger partial charge on any atom is 0.323 e. The van der Waals surface area contributed by atoms with Crippen molar-refractivity contribution >= 4 is 11.9 Å². The summed E-state index contributed by atoms with van der Waals surface area (Å²) in [6.07, 6.45) is 10.2. The van der Waals surface area contributed by atoms with Crippen LogP contribution in [0.5, 0.6) is 0 Å². The Labute approximate surface area is 120 Å². The Kier molecular flexibility index (Phi) is 6.30. The molecule has 0 heterocycles. The van der Waals surface area contributed by atoms with E-state index in [9.17, 15) is 9.59 Å². The third kappa shape index (κ3) is 4.12. The predicted molar refractivity (Wildman–Crippen MR) is 75.7 cm³/mol. The number of allylic oxidation sites excluding steroid dienone is 2. The monoisotopic (exact) mass is 278 g/mol. The van der Waals surface area contributed by atoms with Gasteiger partial charge in [0.1, 0.15) is 0 Å². The fourth-order valence-corrected chi connectivity index (χ4v) is 1.98. The van der Waals surface area contributed by atoms with Crippen LogP contribution in [0.1, 0.15) is 46.0 Å². The van der Waals surface area contributed by atoms with Crippen molar-refractivity contribution in [2.45, 2.75) is 46.0 Å². The molecule has 20 heavy (non-hydrogen) atoms. The van der Waals surface area contributed by atoms with Gasteiger partial charge in [0.2, 0.25) is 0 Å². The number of esters is 2. The van der Waals surface area contributed by atoms with E-state index in [1.54, 1.807) is 13.8 Å². The van der Waals surface area contributed by atoms with Crippen LogP contribution in [-0.2, 0) is 19.1 Å². The summed E-state index contributed by atoms with van der Waals surface area (Å²) in [5.41, 5.74) is -0.0303. The molecular weight excluding hydrogens is 256 g/mol. The lowest BCUT2D eigenvalue weighted by Gasteiger charge is -2.27. The molecule has 1 aliphatic carbocycles. The minimum absolute atomic E-state index is 0.229. The second kappa shape index (κ2) is 7.74. The van der Waals surface area contributed by atoms with Crippen molar-refractivity contribution in [2.75, 3.05) is 13.2 Å². The molecule has 110 valence electrons. The van der Waals surface area contributed by atoms with Gasteiger partial charge in [0.15, 0.2) is 5.41 Å². The quantitative estimate of drug-likeness (QED) is 0.296. The molecule has 0 spiro atoms. The molecule has 0 aromatic rings. The van der Waals surface area contributed by atoms with Crippen LogP contribution in [0.3, 0.4) is 0 Å². The van der Waals surface area contributed by atoms with Crippen molar-refractivity contribution in [1.82, 2.24) is 0 Å². The van der Waals surface area contributed by atoms with Crippen LogP contribution >= 0.6 is 0 Å². The van der Waals surface area contributed by atoms with E-state index in [0.29, 0.717) is 12.8 Å². The largest absolute Gasteiger partial charge is 0.465 e. The summed E-state index contributed by atoms with van der Waals surface area (Å²) in [4.78, 5) is 24.6. The lowest BCUT2D eigenvalue weighted by molar-refractivity contribution is -0.172. The maximum absolute atomic E-state index is 12.3. The van der Waals surface area contributed by atoms with Crippen LogP contribution in [-0.4, -0.2) is 25.2 Å². The van der Waals surface area contributed by atoms with Crippen molar-refractivity contribution < 1.29 is 19.1 Å². The van der Waals surface area contributed by atoms with Crippen LogP contribution in [0, 0.1) is 17.8 Å². The van der Waals surface area contributed by atoms with Gasteiger partial charge in [-0.3, -0.25) is 9.59 Å². The number of hydrogen-bond donors (Lipinski definition) is 0. The van der Waals surface area contributed by atoms with Crippen molar-refractivity contribution in [3.63, 3.8) is 0 Å². The molecule has 0 bridgehead atoms. The predicted octanol–water partition coefficient (Wildman–Crippen LogP) is 2.62. The summed E-state index contributed by atoms with van der Waals surface area (Å²) < 4.78 is 10.2. The first-order valence-electron chi connectivity index (χ1n) is 7.06. The first-order valence-corrected chi connectivity index (χ1v) is 7.06. The molecule has 1 rings (SSSR count). The number of terminal acetylenes is 1. The molecule has 1 saturated carbocycles. The average molecular weight is 278 g/mol. The highest BCUT2D eigenvalue weighted by atomic mass is 16.6. The summed E-state index contributed by atoms with van der Waals surface area (Å²) in [6.45, 7) is 3.89. The highest BCUT2D eigenvalue weighted by Crippen LogP contribution is 2.36. The van der Waals surface area contributed by atoms with Crippen molar-refractivity contribution in [3.05, 3.63) is 11.6 Å². The van der Waals surface area contributed by atoms with Gasteiger partial charge >= 0.3 is 11.9 Å². The van der Waals surface area contributed by atoms with E-state index in [2.05, 4.69) is 5.92 Å². The van der Waals surface area contributed by atoms with E-state index in [0.717, 1.165) is 12.8 Å². The van der Waals surface area contributed by atoms with Crippen LogP contribution in [0.25, 0.3) is 0 Å².